The van der Waals surface area contributed by atoms with Crippen molar-refractivity contribution in [1.82, 2.24) is 5.32 Å². The van der Waals surface area contributed by atoms with Gasteiger partial charge in [-0.3, -0.25) is 9.35 Å². The van der Waals surface area contributed by atoms with E-state index in [1.54, 1.807) is 0 Å². The van der Waals surface area contributed by atoms with Gasteiger partial charge in [0.15, 0.2) is 0 Å². The number of aliphatic hydroxyl groups excluding tert-OH is 2. The van der Waals surface area contributed by atoms with Crippen LogP contribution < -0.4 is 5.32 Å². The van der Waals surface area contributed by atoms with Gasteiger partial charge in [-0.15, -0.1) is 0 Å². The van der Waals surface area contributed by atoms with Gasteiger partial charge in [-0.25, -0.2) is 4.18 Å². The van der Waals surface area contributed by atoms with Crippen molar-refractivity contribution in [2.45, 2.75) is 181 Å². The van der Waals surface area contributed by atoms with Crippen LogP contribution in [0.3, 0.4) is 0 Å². The van der Waals surface area contributed by atoms with Gasteiger partial charge in [0, 0.05) is 0 Å². The predicted octanol–water partition coefficient (Wildman–Crippen LogP) is 8.07. The summed E-state index contributed by atoms with van der Waals surface area (Å²) in [5.41, 5.74) is 0. The van der Waals surface area contributed by atoms with Crippen LogP contribution in [0.4, 0.5) is 0 Å². The molecule has 0 aliphatic carbocycles. The molecule has 0 aliphatic heterocycles. The molecule has 0 radical (unpaired) electrons. The van der Waals surface area contributed by atoms with Crippen LogP contribution >= 0.6 is 0 Å². The highest BCUT2D eigenvalue weighted by Crippen LogP contribution is 2.16. The fourth-order valence-electron chi connectivity index (χ4n) is 5.14. The molecule has 9 heteroatoms. The summed E-state index contributed by atoms with van der Waals surface area (Å²) < 4.78 is 35.5. The molecule has 0 aromatic rings. The Morgan fingerprint density at radius 1 is 0.744 bits per heavy atom. The third kappa shape index (κ3) is 28.2. The third-order valence-corrected chi connectivity index (χ3v) is 8.73. The predicted molar refractivity (Wildman–Crippen MR) is 177 cm³/mol. The molecule has 0 spiro atoms. The minimum atomic E-state index is -4.74. The Hall–Kier alpha value is -1.00. The first-order valence-electron chi connectivity index (χ1n) is 17.4. The molecule has 0 saturated heterocycles. The van der Waals surface area contributed by atoms with E-state index in [4.69, 9.17) is 4.55 Å². The normalized spacial score (nSPS) is 15.2. The molecule has 1 amide bonds. The second-order valence-electron chi connectivity index (χ2n) is 13.0. The Kier molecular flexibility index (Phi) is 26.7. The van der Waals surface area contributed by atoms with Crippen molar-refractivity contribution in [1.29, 1.82) is 0 Å². The highest BCUT2D eigenvalue weighted by molar-refractivity contribution is 7.80. The number of rotatable bonds is 30. The molecule has 43 heavy (non-hydrogen) atoms. The quantitative estimate of drug-likeness (QED) is 0.0357. The van der Waals surface area contributed by atoms with E-state index in [-0.39, 0.29) is 6.42 Å². The first-order valence-corrected chi connectivity index (χ1v) is 18.8. The molecule has 0 bridgehead atoms. The number of allylic oxidation sites excluding steroid dienone is 1. The SMILES string of the molecule is CCC(C)CCCCCCCCC(O)C(=O)NC(COS(=O)(=O)O)C(O)C=CCCCCCCCCCCCCC(C)C. The van der Waals surface area contributed by atoms with E-state index >= 15 is 0 Å². The lowest BCUT2D eigenvalue weighted by Crippen LogP contribution is -2.49. The van der Waals surface area contributed by atoms with Crippen molar-refractivity contribution in [3.05, 3.63) is 12.2 Å². The van der Waals surface area contributed by atoms with E-state index in [9.17, 15) is 23.4 Å². The minimum Gasteiger partial charge on any atom is -0.387 e. The number of carbonyl (C=O) groups excluding carboxylic acids is 1. The van der Waals surface area contributed by atoms with E-state index in [0.29, 0.717) is 6.42 Å². The van der Waals surface area contributed by atoms with Gasteiger partial charge in [-0.05, 0) is 31.1 Å². The summed E-state index contributed by atoms with van der Waals surface area (Å²) in [7, 11) is -4.74. The Bertz CT molecular complexity index is 788. The molecule has 4 unspecified atom stereocenters. The molecule has 4 N–H and O–H groups in total. The van der Waals surface area contributed by atoms with Gasteiger partial charge in [-0.2, -0.15) is 8.42 Å². The van der Waals surface area contributed by atoms with Crippen LogP contribution in [0.15, 0.2) is 12.2 Å². The van der Waals surface area contributed by atoms with Gasteiger partial charge in [0.1, 0.15) is 6.10 Å². The Morgan fingerprint density at radius 2 is 1.21 bits per heavy atom. The molecule has 0 aromatic heterocycles. The summed E-state index contributed by atoms with van der Waals surface area (Å²) in [6.07, 6.45) is 24.4. The molecule has 0 aliphatic rings. The summed E-state index contributed by atoms with van der Waals surface area (Å²) in [6, 6.07) is -1.13. The lowest BCUT2D eigenvalue weighted by Gasteiger charge is -2.23. The van der Waals surface area contributed by atoms with E-state index in [1.165, 1.54) is 89.5 Å². The topological polar surface area (TPSA) is 133 Å². The average Bonchev–Trinajstić information content (AvgIpc) is 2.95. The van der Waals surface area contributed by atoms with Crippen LogP contribution in [0.1, 0.15) is 163 Å². The fraction of sp³-hybridized carbons (Fsp3) is 0.912. The zero-order valence-corrected chi connectivity index (χ0v) is 28.8. The van der Waals surface area contributed by atoms with Gasteiger partial charge in [0.25, 0.3) is 0 Å². The van der Waals surface area contributed by atoms with E-state index in [0.717, 1.165) is 50.4 Å². The summed E-state index contributed by atoms with van der Waals surface area (Å²) in [5.74, 6) is 0.889. The molecule has 0 aromatic carbocycles. The molecule has 0 rings (SSSR count). The van der Waals surface area contributed by atoms with Gasteiger partial charge >= 0.3 is 10.4 Å². The number of hydrogen-bond acceptors (Lipinski definition) is 6. The summed E-state index contributed by atoms with van der Waals surface area (Å²) in [6.45, 7) is 8.42. The van der Waals surface area contributed by atoms with Crippen LogP contribution in [0.2, 0.25) is 0 Å². The second kappa shape index (κ2) is 27.3. The zero-order valence-electron chi connectivity index (χ0n) is 28.0. The van der Waals surface area contributed by atoms with Gasteiger partial charge in [0.05, 0.1) is 18.8 Å². The van der Waals surface area contributed by atoms with Crippen molar-refractivity contribution in [3.8, 4) is 0 Å². The van der Waals surface area contributed by atoms with Crippen molar-refractivity contribution in [2.75, 3.05) is 6.61 Å². The Labute approximate surface area is 264 Å². The molecule has 0 saturated carbocycles. The molecule has 256 valence electrons. The van der Waals surface area contributed by atoms with Crippen LogP contribution in [0, 0.1) is 11.8 Å². The molecule has 4 atom stereocenters. The Morgan fingerprint density at radius 3 is 1.70 bits per heavy atom. The molecule has 0 fully saturated rings. The molecular weight excluding hydrogens is 566 g/mol. The first-order chi connectivity index (χ1) is 20.5. The molecule has 8 nitrogen and oxygen atoms in total. The number of aliphatic hydroxyl groups is 2. The van der Waals surface area contributed by atoms with E-state index in [2.05, 4.69) is 37.2 Å². The Balaban J connectivity index is 4.25. The van der Waals surface area contributed by atoms with Gasteiger partial charge in [-0.1, -0.05) is 155 Å². The van der Waals surface area contributed by atoms with E-state index < -0.39 is 41.2 Å². The first kappa shape index (κ1) is 42.0. The number of hydrogen-bond donors (Lipinski definition) is 4. The minimum absolute atomic E-state index is 0.287. The number of amides is 1. The summed E-state index contributed by atoms with van der Waals surface area (Å²) in [4.78, 5) is 12.5. The van der Waals surface area contributed by atoms with Crippen molar-refractivity contribution in [2.24, 2.45) is 11.8 Å². The van der Waals surface area contributed by atoms with Crippen LogP contribution in [-0.2, 0) is 19.4 Å². The largest absolute Gasteiger partial charge is 0.397 e. The lowest BCUT2D eigenvalue weighted by atomic mass is 9.99. The maximum Gasteiger partial charge on any atom is 0.397 e. The smallest absolute Gasteiger partial charge is 0.387 e. The number of carbonyl (C=O) groups is 1. The van der Waals surface area contributed by atoms with Crippen molar-refractivity contribution < 1.29 is 32.2 Å². The van der Waals surface area contributed by atoms with Crippen molar-refractivity contribution in [3.63, 3.8) is 0 Å². The maximum atomic E-state index is 12.5. The molecule has 0 heterocycles. The number of nitrogens with one attached hydrogen (secondary N) is 1. The average molecular weight is 634 g/mol. The monoisotopic (exact) mass is 633 g/mol. The summed E-state index contributed by atoms with van der Waals surface area (Å²) in [5, 5.41) is 23.4. The third-order valence-electron chi connectivity index (χ3n) is 8.30. The van der Waals surface area contributed by atoms with Crippen molar-refractivity contribution >= 4 is 16.3 Å². The summed E-state index contributed by atoms with van der Waals surface area (Å²) >= 11 is 0. The van der Waals surface area contributed by atoms with Crippen LogP contribution in [-0.4, -0.2) is 53.9 Å². The van der Waals surface area contributed by atoms with E-state index in [1.807, 2.05) is 6.08 Å². The highest BCUT2D eigenvalue weighted by Gasteiger charge is 2.25. The fourth-order valence-corrected chi connectivity index (χ4v) is 5.45. The second-order valence-corrected chi connectivity index (χ2v) is 14.1. The lowest BCUT2D eigenvalue weighted by molar-refractivity contribution is -0.131. The van der Waals surface area contributed by atoms with Crippen LogP contribution in [0.5, 0.6) is 0 Å². The van der Waals surface area contributed by atoms with Crippen LogP contribution in [0.25, 0.3) is 0 Å². The maximum absolute atomic E-state index is 12.5. The highest BCUT2D eigenvalue weighted by atomic mass is 32.3. The van der Waals surface area contributed by atoms with Gasteiger partial charge in [0.2, 0.25) is 5.91 Å². The number of unbranched alkanes of at least 4 members (excludes halogenated alkanes) is 15. The standard InChI is InChI=1S/C34H67NO7S/c1-5-30(4)25-21-17-14-15-19-23-27-33(37)34(38)35-31(28-42-43(39,40)41)32(36)26-22-18-13-11-9-7-6-8-10-12-16-20-24-29(2)3/h22,26,29-33,36-37H,5-21,23-25,27-28H2,1-4H3,(H,35,38)(H,39,40,41). The molecular formula is C34H67NO7S. The van der Waals surface area contributed by atoms with Gasteiger partial charge < -0.3 is 15.5 Å². The zero-order chi connectivity index (χ0) is 32.3.